The molecule has 3 atom stereocenters. The lowest BCUT2D eigenvalue weighted by Crippen LogP contribution is -2.52. The number of benzene rings is 1. The van der Waals surface area contributed by atoms with E-state index in [1.165, 1.54) is 13.0 Å². The van der Waals surface area contributed by atoms with Crippen LogP contribution in [0.3, 0.4) is 0 Å². The van der Waals surface area contributed by atoms with Crippen LogP contribution in [0.1, 0.15) is 110 Å². The summed E-state index contributed by atoms with van der Waals surface area (Å²) in [4.78, 5) is 66.9. The second-order valence-corrected chi connectivity index (χ2v) is 12.7. The zero-order chi connectivity index (χ0) is 33.0. The quantitative estimate of drug-likeness (QED) is 0.115. The third-order valence-electron chi connectivity index (χ3n) is 8.05. The number of hydrogen-bond acceptors (Lipinski definition) is 8. The van der Waals surface area contributed by atoms with Gasteiger partial charge in [0.1, 0.15) is 5.60 Å². The number of nitrogens with zero attached hydrogens (tertiary/aromatic N) is 1. The van der Waals surface area contributed by atoms with Crippen molar-refractivity contribution in [2.24, 2.45) is 11.8 Å². The van der Waals surface area contributed by atoms with Gasteiger partial charge < -0.3 is 14.6 Å². The molecule has 1 aliphatic rings. The molecule has 2 amide bonds. The van der Waals surface area contributed by atoms with Gasteiger partial charge in [-0.15, -0.1) is 0 Å². The Balaban J connectivity index is 2.28. The molecule has 0 unspecified atom stereocenters. The van der Waals surface area contributed by atoms with Crippen molar-refractivity contribution in [2.45, 2.75) is 124 Å². The zero-order valence-electron chi connectivity index (χ0n) is 27.5. The highest BCUT2D eigenvalue weighted by atomic mass is 16.6. The molecule has 1 aliphatic heterocycles. The molecule has 9 heteroatoms. The summed E-state index contributed by atoms with van der Waals surface area (Å²) in [5, 5.41) is 8.89. The molecule has 0 saturated carbocycles. The van der Waals surface area contributed by atoms with Crippen LogP contribution >= 0.6 is 0 Å². The van der Waals surface area contributed by atoms with E-state index in [1.807, 2.05) is 32.9 Å². The van der Waals surface area contributed by atoms with Crippen LogP contribution in [0.5, 0.6) is 0 Å². The van der Waals surface area contributed by atoms with Crippen molar-refractivity contribution in [2.75, 3.05) is 6.61 Å². The number of Topliss-reactive ketones (excluding diaryl/α,β-unsaturated/α-hetero) is 1. The SMILES string of the molecule is CC(=O)O[C@@H](C(=O)C=C(C(=O)CCCCCCCCCCO)c1cccc(C)c1)[C@@H](C)C(=O)N1C(=O)OC(C)(C)[C@H]1C(C)C. The number of rotatable bonds is 18. The summed E-state index contributed by atoms with van der Waals surface area (Å²) < 4.78 is 10.9. The lowest BCUT2D eigenvalue weighted by Gasteiger charge is -2.33. The van der Waals surface area contributed by atoms with Gasteiger partial charge in [-0.25, -0.2) is 9.69 Å². The van der Waals surface area contributed by atoms with Crippen LogP contribution in [0, 0.1) is 18.8 Å². The van der Waals surface area contributed by atoms with Gasteiger partial charge in [0.25, 0.3) is 0 Å². The van der Waals surface area contributed by atoms with Crippen LogP contribution in [0.2, 0.25) is 0 Å². The minimum absolute atomic E-state index is 0.132. The number of imide groups is 1. The summed E-state index contributed by atoms with van der Waals surface area (Å²) in [6.45, 7) is 11.9. The fourth-order valence-electron chi connectivity index (χ4n) is 5.98. The lowest BCUT2D eigenvalue weighted by molar-refractivity contribution is -0.158. The first kappa shape index (κ1) is 36.9. The van der Waals surface area contributed by atoms with Crippen LogP contribution in [-0.4, -0.2) is 63.9 Å². The van der Waals surface area contributed by atoms with Crippen LogP contribution in [0.15, 0.2) is 30.3 Å². The summed E-state index contributed by atoms with van der Waals surface area (Å²) in [7, 11) is 0. The number of aryl methyl sites for hydroxylation is 1. The Bertz CT molecular complexity index is 1200. The van der Waals surface area contributed by atoms with Gasteiger partial charge in [-0.05, 0) is 58.1 Å². The summed E-state index contributed by atoms with van der Waals surface area (Å²) in [5.74, 6) is -3.71. The molecule has 0 aromatic heterocycles. The smallest absolute Gasteiger partial charge is 0.417 e. The maximum absolute atomic E-state index is 13.8. The van der Waals surface area contributed by atoms with Gasteiger partial charge in [0.2, 0.25) is 5.91 Å². The molecule has 1 fully saturated rings. The van der Waals surface area contributed by atoms with E-state index in [0.29, 0.717) is 12.0 Å². The molecule has 1 N–H and O–H groups in total. The number of aliphatic hydroxyl groups excluding tert-OH is 1. The number of ether oxygens (including phenoxy) is 2. The lowest BCUT2D eigenvalue weighted by atomic mass is 9.87. The monoisotopic (exact) mass is 613 g/mol. The van der Waals surface area contributed by atoms with Gasteiger partial charge in [-0.1, -0.05) is 82.2 Å². The highest BCUT2D eigenvalue weighted by Crippen LogP contribution is 2.36. The molecule has 1 saturated heterocycles. The molecule has 44 heavy (non-hydrogen) atoms. The normalized spacial score (nSPS) is 17.8. The Labute approximate surface area is 262 Å². The van der Waals surface area contributed by atoms with E-state index < -0.39 is 47.4 Å². The minimum Gasteiger partial charge on any atom is -0.453 e. The topological polar surface area (TPSA) is 127 Å². The molecule has 2 rings (SSSR count). The summed E-state index contributed by atoms with van der Waals surface area (Å²) in [6, 6.07) is 6.67. The van der Waals surface area contributed by atoms with E-state index in [0.717, 1.165) is 62.3 Å². The highest BCUT2D eigenvalue weighted by molar-refractivity contribution is 6.25. The molecule has 0 aliphatic carbocycles. The van der Waals surface area contributed by atoms with Gasteiger partial charge in [-0.3, -0.25) is 19.2 Å². The fraction of sp³-hybridized carbons (Fsp3) is 0.629. The van der Waals surface area contributed by atoms with E-state index in [4.69, 9.17) is 14.6 Å². The third-order valence-corrected chi connectivity index (χ3v) is 8.05. The molecule has 1 aromatic rings. The van der Waals surface area contributed by atoms with Crippen molar-refractivity contribution in [3.63, 3.8) is 0 Å². The first-order valence-corrected chi connectivity index (χ1v) is 15.9. The number of amides is 2. The highest BCUT2D eigenvalue weighted by Gasteiger charge is 2.53. The number of carbonyl (C=O) groups is 5. The molecular weight excluding hydrogens is 562 g/mol. The number of cyclic esters (lactones) is 1. The standard InChI is InChI=1S/C35H51NO8/c1-23(2)32-35(6,7)44-34(42)36(32)33(41)25(4)31(43-26(5)38)30(40)22-28(27-18-16-17-24(3)21-27)29(39)19-14-12-10-8-9-11-13-15-20-37/h16-18,21-23,25,31-32,37H,8-15,19-20H2,1-7H3/t25-,31-,32-/m1/s1. The van der Waals surface area contributed by atoms with Gasteiger partial charge in [0.05, 0.1) is 12.0 Å². The average Bonchev–Trinajstić information content (AvgIpc) is 3.20. The second kappa shape index (κ2) is 17.2. The summed E-state index contributed by atoms with van der Waals surface area (Å²) in [6.07, 6.45) is 6.70. The van der Waals surface area contributed by atoms with Gasteiger partial charge in [-0.2, -0.15) is 0 Å². The van der Waals surface area contributed by atoms with E-state index in [1.54, 1.807) is 26.0 Å². The molecule has 1 heterocycles. The largest absolute Gasteiger partial charge is 0.453 e. The molecule has 0 radical (unpaired) electrons. The summed E-state index contributed by atoms with van der Waals surface area (Å²) >= 11 is 0. The van der Waals surface area contributed by atoms with Crippen molar-refractivity contribution in [1.82, 2.24) is 4.90 Å². The first-order chi connectivity index (χ1) is 20.7. The number of hydrogen-bond donors (Lipinski definition) is 1. The van der Waals surface area contributed by atoms with E-state index in [9.17, 15) is 24.0 Å². The second-order valence-electron chi connectivity index (χ2n) is 12.7. The number of allylic oxidation sites excluding steroid dienone is 1. The molecule has 0 bridgehead atoms. The Morgan fingerprint density at radius 3 is 2.14 bits per heavy atom. The number of unbranched alkanes of at least 4 members (excludes halogenated alkanes) is 7. The van der Waals surface area contributed by atoms with E-state index in [2.05, 4.69) is 0 Å². The Morgan fingerprint density at radius 1 is 1.00 bits per heavy atom. The summed E-state index contributed by atoms with van der Waals surface area (Å²) in [5.41, 5.74) is 0.732. The van der Waals surface area contributed by atoms with Crippen LogP contribution < -0.4 is 0 Å². The number of aliphatic hydroxyl groups is 1. The van der Waals surface area contributed by atoms with Crippen molar-refractivity contribution >= 4 is 35.1 Å². The number of ketones is 2. The molecule has 9 nitrogen and oxygen atoms in total. The van der Waals surface area contributed by atoms with Crippen molar-refractivity contribution in [3.05, 3.63) is 41.5 Å². The van der Waals surface area contributed by atoms with Gasteiger partial charge in [0, 0.05) is 25.5 Å². The third kappa shape index (κ3) is 10.4. The van der Waals surface area contributed by atoms with Crippen LogP contribution in [0.25, 0.3) is 5.57 Å². The van der Waals surface area contributed by atoms with Crippen molar-refractivity contribution in [3.8, 4) is 0 Å². The Hall–Kier alpha value is -3.33. The van der Waals surface area contributed by atoms with E-state index >= 15 is 0 Å². The van der Waals surface area contributed by atoms with Gasteiger partial charge >= 0.3 is 12.1 Å². The van der Waals surface area contributed by atoms with Crippen LogP contribution in [-0.2, 0) is 28.7 Å². The Kier molecular flexibility index (Phi) is 14.4. The predicted molar refractivity (Wildman–Crippen MR) is 169 cm³/mol. The van der Waals surface area contributed by atoms with E-state index in [-0.39, 0.29) is 30.3 Å². The molecule has 244 valence electrons. The van der Waals surface area contributed by atoms with Crippen molar-refractivity contribution in [1.29, 1.82) is 0 Å². The minimum atomic E-state index is -1.54. The number of carbonyl (C=O) groups excluding carboxylic acids is 5. The average molecular weight is 614 g/mol. The maximum atomic E-state index is 13.8. The Morgan fingerprint density at radius 2 is 1.59 bits per heavy atom. The maximum Gasteiger partial charge on any atom is 0.417 e. The van der Waals surface area contributed by atoms with Crippen molar-refractivity contribution < 1.29 is 38.6 Å². The van der Waals surface area contributed by atoms with Gasteiger partial charge in [0.15, 0.2) is 17.7 Å². The molecule has 1 aromatic carbocycles. The zero-order valence-corrected chi connectivity index (χ0v) is 27.5. The molecule has 0 spiro atoms. The van der Waals surface area contributed by atoms with Crippen LogP contribution in [0.4, 0.5) is 4.79 Å². The molecular formula is C35H51NO8. The number of esters is 1. The fourth-order valence-corrected chi connectivity index (χ4v) is 5.98. The first-order valence-electron chi connectivity index (χ1n) is 15.9. The predicted octanol–water partition coefficient (Wildman–Crippen LogP) is 6.37.